The van der Waals surface area contributed by atoms with E-state index in [0.29, 0.717) is 24.3 Å². The number of nitrogens with two attached hydrogens (primary N) is 1. The summed E-state index contributed by atoms with van der Waals surface area (Å²) in [6, 6.07) is 4.29. The lowest BCUT2D eigenvalue weighted by atomic mass is 10.1. The minimum absolute atomic E-state index is 0.176. The molecule has 0 saturated heterocycles. The van der Waals surface area contributed by atoms with E-state index in [1.54, 1.807) is 6.07 Å². The van der Waals surface area contributed by atoms with Crippen LogP contribution in [0.15, 0.2) is 18.2 Å². The summed E-state index contributed by atoms with van der Waals surface area (Å²) in [6.45, 7) is 5.14. The first kappa shape index (κ1) is 15.0. The van der Waals surface area contributed by atoms with Crippen molar-refractivity contribution in [2.24, 2.45) is 5.73 Å². The molecular formula is C13H18FNO2S. The summed E-state index contributed by atoms with van der Waals surface area (Å²) in [5.74, 6) is -0.327. The lowest BCUT2D eigenvalue weighted by Gasteiger charge is -2.10. The highest BCUT2D eigenvalue weighted by atomic mass is 32.1. The van der Waals surface area contributed by atoms with E-state index in [-0.39, 0.29) is 23.5 Å². The molecule has 0 radical (unpaired) electrons. The number of halogens is 1. The third kappa shape index (κ3) is 5.08. The number of rotatable bonds is 7. The topological polar surface area (TPSA) is 44.5 Å². The van der Waals surface area contributed by atoms with Crippen LogP contribution in [0.1, 0.15) is 25.0 Å². The molecule has 5 heteroatoms. The van der Waals surface area contributed by atoms with Gasteiger partial charge in [-0.1, -0.05) is 12.2 Å². The van der Waals surface area contributed by atoms with E-state index >= 15 is 0 Å². The lowest BCUT2D eigenvalue weighted by Crippen LogP contribution is -2.14. The molecule has 0 aliphatic heterocycles. The molecule has 0 unspecified atom stereocenters. The average Bonchev–Trinajstić information content (AvgIpc) is 2.27. The van der Waals surface area contributed by atoms with Crippen LogP contribution in [0.25, 0.3) is 0 Å². The molecule has 0 bridgehead atoms. The summed E-state index contributed by atoms with van der Waals surface area (Å²) in [6.07, 6.45) is 0.176. The maximum Gasteiger partial charge on any atom is 0.123 e. The second-order valence-corrected chi connectivity index (χ2v) is 4.58. The Labute approximate surface area is 112 Å². The highest BCUT2D eigenvalue weighted by Gasteiger charge is 2.07. The molecule has 3 nitrogen and oxygen atoms in total. The number of thiocarbonyl (C=S) groups is 1. The van der Waals surface area contributed by atoms with Gasteiger partial charge in [0.05, 0.1) is 25.9 Å². The number of hydrogen-bond acceptors (Lipinski definition) is 3. The van der Waals surface area contributed by atoms with Gasteiger partial charge in [-0.3, -0.25) is 0 Å². The second kappa shape index (κ2) is 7.41. The summed E-state index contributed by atoms with van der Waals surface area (Å²) in [4.78, 5) is 0.243. The van der Waals surface area contributed by atoms with Crippen molar-refractivity contribution in [1.29, 1.82) is 0 Å². The van der Waals surface area contributed by atoms with Crippen molar-refractivity contribution in [2.45, 2.75) is 26.6 Å². The quantitative estimate of drug-likeness (QED) is 0.611. The maximum absolute atomic E-state index is 13.1. The molecule has 1 aromatic rings. The summed E-state index contributed by atoms with van der Waals surface area (Å²) in [5, 5.41) is 0. The van der Waals surface area contributed by atoms with Crippen LogP contribution in [-0.2, 0) is 16.1 Å². The first-order valence-electron chi connectivity index (χ1n) is 5.78. The van der Waals surface area contributed by atoms with E-state index in [0.717, 1.165) is 0 Å². The Morgan fingerprint density at radius 1 is 1.39 bits per heavy atom. The first-order chi connectivity index (χ1) is 8.50. The minimum atomic E-state index is -0.327. The van der Waals surface area contributed by atoms with Gasteiger partial charge in [-0.05, 0) is 37.6 Å². The van der Waals surface area contributed by atoms with Gasteiger partial charge >= 0.3 is 0 Å². The molecule has 0 heterocycles. The normalized spacial score (nSPS) is 10.9. The number of benzene rings is 1. The molecule has 0 spiro atoms. The van der Waals surface area contributed by atoms with Crippen LogP contribution in [0.2, 0.25) is 0 Å². The Morgan fingerprint density at radius 2 is 2.11 bits per heavy atom. The SMILES string of the molecule is CC(C)OCCOCc1cc(F)ccc1C(N)=S. The average molecular weight is 271 g/mol. The van der Waals surface area contributed by atoms with Gasteiger partial charge in [0.25, 0.3) is 0 Å². The third-order valence-electron chi connectivity index (χ3n) is 2.27. The van der Waals surface area contributed by atoms with Crippen molar-refractivity contribution in [3.8, 4) is 0 Å². The molecule has 0 fully saturated rings. The van der Waals surface area contributed by atoms with Gasteiger partial charge < -0.3 is 15.2 Å². The molecule has 2 N–H and O–H groups in total. The highest BCUT2D eigenvalue weighted by molar-refractivity contribution is 7.80. The summed E-state index contributed by atoms with van der Waals surface area (Å²) >= 11 is 4.90. The second-order valence-electron chi connectivity index (χ2n) is 4.14. The largest absolute Gasteiger partial charge is 0.389 e. The number of hydrogen-bond donors (Lipinski definition) is 1. The van der Waals surface area contributed by atoms with Gasteiger partial charge in [-0.2, -0.15) is 0 Å². The molecule has 1 aromatic carbocycles. The molecule has 0 amide bonds. The zero-order valence-corrected chi connectivity index (χ0v) is 11.4. The molecule has 0 aromatic heterocycles. The summed E-state index contributed by atoms with van der Waals surface area (Å²) in [7, 11) is 0. The first-order valence-corrected chi connectivity index (χ1v) is 6.19. The molecule has 100 valence electrons. The Hall–Kier alpha value is -1.04. The van der Waals surface area contributed by atoms with Crippen molar-refractivity contribution in [1.82, 2.24) is 0 Å². The molecule has 1 rings (SSSR count). The predicted molar refractivity (Wildman–Crippen MR) is 73.0 cm³/mol. The Balaban J connectivity index is 2.50. The van der Waals surface area contributed by atoms with Crippen LogP contribution in [0.3, 0.4) is 0 Å². The van der Waals surface area contributed by atoms with E-state index in [4.69, 9.17) is 27.4 Å². The highest BCUT2D eigenvalue weighted by Crippen LogP contribution is 2.12. The third-order valence-corrected chi connectivity index (χ3v) is 2.49. The molecular weight excluding hydrogens is 253 g/mol. The van der Waals surface area contributed by atoms with Gasteiger partial charge in [-0.15, -0.1) is 0 Å². The zero-order valence-electron chi connectivity index (χ0n) is 10.6. The van der Waals surface area contributed by atoms with Crippen LogP contribution < -0.4 is 5.73 Å². The van der Waals surface area contributed by atoms with Crippen LogP contribution in [-0.4, -0.2) is 24.3 Å². The standard InChI is InChI=1S/C13H18FNO2S/c1-9(2)17-6-5-16-8-10-7-11(14)3-4-12(10)13(15)18/h3-4,7,9H,5-6,8H2,1-2H3,(H2,15,18). The molecule has 0 saturated carbocycles. The van der Waals surface area contributed by atoms with Gasteiger partial charge in [0.15, 0.2) is 0 Å². The van der Waals surface area contributed by atoms with Gasteiger partial charge in [0.2, 0.25) is 0 Å². The summed E-state index contributed by atoms with van der Waals surface area (Å²) < 4.78 is 23.9. The zero-order chi connectivity index (χ0) is 13.5. The van der Waals surface area contributed by atoms with Crippen molar-refractivity contribution in [2.75, 3.05) is 13.2 Å². The van der Waals surface area contributed by atoms with Crippen LogP contribution in [0, 0.1) is 5.82 Å². The van der Waals surface area contributed by atoms with Crippen molar-refractivity contribution < 1.29 is 13.9 Å². The maximum atomic E-state index is 13.1. The Kier molecular flexibility index (Phi) is 6.18. The van der Waals surface area contributed by atoms with Crippen LogP contribution >= 0.6 is 12.2 Å². The van der Waals surface area contributed by atoms with Crippen LogP contribution in [0.5, 0.6) is 0 Å². The van der Waals surface area contributed by atoms with E-state index in [2.05, 4.69) is 0 Å². The monoisotopic (exact) mass is 271 g/mol. The van der Waals surface area contributed by atoms with E-state index in [1.807, 2.05) is 13.8 Å². The van der Waals surface area contributed by atoms with Gasteiger partial charge in [0, 0.05) is 5.56 Å². The molecule has 18 heavy (non-hydrogen) atoms. The van der Waals surface area contributed by atoms with Crippen molar-refractivity contribution in [3.63, 3.8) is 0 Å². The predicted octanol–water partition coefficient (Wildman–Crippen LogP) is 2.40. The fourth-order valence-electron chi connectivity index (χ4n) is 1.45. The summed E-state index contributed by atoms with van der Waals surface area (Å²) in [5.41, 5.74) is 6.87. The Morgan fingerprint density at radius 3 is 2.72 bits per heavy atom. The van der Waals surface area contributed by atoms with Crippen molar-refractivity contribution >= 4 is 17.2 Å². The fraction of sp³-hybridized carbons (Fsp3) is 0.462. The molecule has 0 atom stereocenters. The molecule has 0 aliphatic carbocycles. The smallest absolute Gasteiger partial charge is 0.123 e. The number of ether oxygens (including phenoxy) is 2. The van der Waals surface area contributed by atoms with Crippen molar-refractivity contribution in [3.05, 3.63) is 35.1 Å². The van der Waals surface area contributed by atoms with Gasteiger partial charge in [0.1, 0.15) is 10.8 Å². The minimum Gasteiger partial charge on any atom is -0.389 e. The fourth-order valence-corrected chi connectivity index (χ4v) is 1.65. The van der Waals surface area contributed by atoms with Gasteiger partial charge in [-0.25, -0.2) is 4.39 Å². The van der Waals surface area contributed by atoms with E-state index < -0.39 is 0 Å². The van der Waals surface area contributed by atoms with E-state index in [9.17, 15) is 4.39 Å². The van der Waals surface area contributed by atoms with Crippen LogP contribution in [0.4, 0.5) is 4.39 Å². The lowest BCUT2D eigenvalue weighted by molar-refractivity contribution is 0.0142. The Bertz CT molecular complexity index is 410. The van der Waals surface area contributed by atoms with E-state index in [1.165, 1.54) is 12.1 Å². The molecule has 0 aliphatic rings.